The molecule has 3 aromatic rings. The van der Waals surface area contributed by atoms with E-state index in [2.05, 4.69) is 55.5 Å². The lowest BCUT2D eigenvalue weighted by molar-refractivity contribution is -0.127. The van der Waals surface area contributed by atoms with Crippen LogP contribution in [0.25, 0.3) is 0 Å². The largest absolute Gasteiger partial charge is 0.489 e. The number of carbonyl (C=O) groups is 1. The number of carbonyl (C=O) groups excluding carboxylic acids is 1. The third-order valence-corrected chi connectivity index (χ3v) is 5.57. The molecule has 27 heavy (non-hydrogen) atoms. The SMILES string of the molecule is CCc1ccc(C2(c3ccc(OCc4ccccc4)cc3)CC(=O)C2)cc1. The van der Waals surface area contributed by atoms with Crippen LogP contribution in [0.3, 0.4) is 0 Å². The van der Waals surface area contributed by atoms with E-state index in [1.807, 2.05) is 30.3 Å². The van der Waals surface area contributed by atoms with Crippen LogP contribution in [0.4, 0.5) is 0 Å². The van der Waals surface area contributed by atoms with E-state index in [0.29, 0.717) is 25.2 Å². The quantitative estimate of drug-likeness (QED) is 0.585. The maximum absolute atomic E-state index is 11.9. The average Bonchev–Trinajstić information content (AvgIpc) is 2.71. The third kappa shape index (κ3) is 3.52. The number of Topliss-reactive ketones (excluding diaryl/α,β-unsaturated/α-hetero) is 1. The van der Waals surface area contributed by atoms with Crippen LogP contribution in [0.2, 0.25) is 0 Å². The van der Waals surface area contributed by atoms with E-state index in [1.165, 1.54) is 16.7 Å². The van der Waals surface area contributed by atoms with Crippen molar-refractivity contribution in [2.45, 2.75) is 38.2 Å². The Bertz CT molecular complexity index is 901. The minimum absolute atomic E-state index is 0.179. The van der Waals surface area contributed by atoms with Crippen LogP contribution in [0.5, 0.6) is 5.75 Å². The summed E-state index contributed by atoms with van der Waals surface area (Å²) in [6.45, 7) is 2.72. The second kappa shape index (κ2) is 7.40. The molecule has 0 heterocycles. The highest BCUT2D eigenvalue weighted by Crippen LogP contribution is 2.47. The topological polar surface area (TPSA) is 26.3 Å². The number of hydrogen-bond acceptors (Lipinski definition) is 2. The van der Waals surface area contributed by atoms with Gasteiger partial charge < -0.3 is 4.74 Å². The Balaban J connectivity index is 1.54. The molecule has 1 fully saturated rings. The fourth-order valence-corrected chi connectivity index (χ4v) is 3.87. The Morgan fingerprint density at radius 1 is 0.778 bits per heavy atom. The molecule has 0 amide bonds. The fourth-order valence-electron chi connectivity index (χ4n) is 3.87. The first-order chi connectivity index (χ1) is 13.2. The van der Waals surface area contributed by atoms with Gasteiger partial charge in [0.25, 0.3) is 0 Å². The minimum Gasteiger partial charge on any atom is -0.489 e. The molecule has 0 aliphatic heterocycles. The van der Waals surface area contributed by atoms with Gasteiger partial charge in [0.15, 0.2) is 0 Å². The van der Waals surface area contributed by atoms with Crippen molar-refractivity contribution in [2.75, 3.05) is 0 Å². The third-order valence-electron chi connectivity index (χ3n) is 5.57. The highest BCUT2D eigenvalue weighted by atomic mass is 16.5. The lowest BCUT2D eigenvalue weighted by atomic mass is 9.60. The van der Waals surface area contributed by atoms with Crippen LogP contribution in [0.15, 0.2) is 78.9 Å². The molecule has 0 spiro atoms. The number of rotatable bonds is 6. The van der Waals surface area contributed by atoms with Gasteiger partial charge >= 0.3 is 0 Å². The first-order valence-electron chi connectivity index (χ1n) is 9.58. The summed E-state index contributed by atoms with van der Waals surface area (Å²) in [5.41, 5.74) is 4.72. The van der Waals surface area contributed by atoms with E-state index in [-0.39, 0.29) is 5.41 Å². The Kier molecular flexibility index (Phi) is 4.81. The Labute approximate surface area is 160 Å². The first kappa shape index (κ1) is 17.5. The van der Waals surface area contributed by atoms with Crippen molar-refractivity contribution in [3.8, 4) is 5.75 Å². The summed E-state index contributed by atoms with van der Waals surface area (Å²) in [6.07, 6.45) is 2.20. The van der Waals surface area contributed by atoms with Crippen molar-refractivity contribution >= 4 is 5.78 Å². The molecule has 0 radical (unpaired) electrons. The zero-order chi connectivity index (χ0) is 18.7. The summed E-state index contributed by atoms with van der Waals surface area (Å²) in [6, 6.07) is 27.1. The van der Waals surface area contributed by atoms with Crippen molar-refractivity contribution < 1.29 is 9.53 Å². The molecule has 0 saturated heterocycles. The molecule has 136 valence electrons. The number of benzene rings is 3. The molecule has 0 aromatic heterocycles. The molecule has 0 bridgehead atoms. The standard InChI is InChI=1S/C25H24O2/c1-2-19-8-10-21(11-9-19)25(16-23(26)17-25)22-12-14-24(15-13-22)27-18-20-6-4-3-5-7-20/h3-15H,2,16-18H2,1H3. The van der Waals surface area contributed by atoms with E-state index >= 15 is 0 Å². The summed E-state index contributed by atoms with van der Waals surface area (Å²) >= 11 is 0. The van der Waals surface area contributed by atoms with Gasteiger partial charge in [-0.05, 0) is 40.8 Å². The zero-order valence-electron chi connectivity index (χ0n) is 15.7. The maximum atomic E-state index is 11.9. The van der Waals surface area contributed by atoms with Crippen LogP contribution >= 0.6 is 0 Å². The molecule has 3 aromatic carbocycles. The van der Waals surface area contributed by atoms with E-state index < -0.39 is 0 Å². The Morgan fingerprint density at radius 3 is 1.93 bits per heavy atom. The molecular formula is C25H24O2. The van der Waals surface area contributed by atoms with Gasteiger partial charge in [0.2, 0.25) is 0 Å². The monoisotopic (exact) mass is 356 g/mol. The van der Waals surface area contributed by atoms with E-state index in [4.69, 9.17) is 4.74 Å². The van der Waals surface area contributed by atoms with Crippen molar-refractivity contribution in [2.24, 2.45) is 0 Å². The van der Waals surface area contributed by atoms with Crippen molar-refractivity contribution in [3.05, 3.63) is 101 Å². The van der Waals surface area contributed by atoms with Gasteiger partial charge in [-0.15, -0.1) is 0 Å². The predicted molar refractivity (Wildman–Crippen MR) is 108 cm³/mol. The fraction of sp³-hybridized carbons (Fsp3) is 0.240. The second-order valence-electron chi connectivity index (χ2n) is 7.32. The van der Waals surface area contributed by atoms with Crippen LogP contribution in [0, 0.1) is 0 Å². The van der Waals surface area contributed by atoms with E-state index in [9.17, 15) is 4.79 Å². The molecule has 4 rings (SSSR count). The molecule has 0 unspecified atom stereocenters. The zero-order valence-corrected chi connectivity index (χ0v) is 15.7. The molecule has 1 saturated carbocycles. The molecule has 2 nitrogen and oxygen atoms in total. The van der Waals surface area contributed by atoms with Crippen LogP contribution < -0.4 is 4.74 Å². The van der Waals surface area contributed by atoms with E-state index in [1.54, 1.807) is 0 Å². The predicted octanol–water partition coefficient (Wildman–Crippen LogP) is 5.48. The summed E-state index contributed by atoms with van der Waals surface area (Å²) in [7, 11) is 0. The average molecular weight is 356 g/mol. The molecular weight excluding hydrogens is 332 g/mol. The minimum atomic E-state index is -0.179. The molecule has 0 atom stereocenters. The number of ketones is 1. The maximum Gasteiger partial charge on any atom is 0.135 e. The number of ether oxygens (including phenoxy) is 1. The molecule has 1 aliphatic carbocycles. The Morgan fingerprint density at radius 2 is 1.37 bits per heavy atom. The number of hydrogen-bond donors (Lipinski definition) is 0. The Hall–Kier alpha value is -2.87. The van der Waals surface area contributed by atoms with Crippen molar-refractivity contribution in [1.29, 1.82) is 0 Å². The van der Waals surface area contributed by atoms with Crippen LogP contribution in [-0.2, 0) is 23.2 Å². The summed E-state index contributed by atoms with van der Waals surface area (Å²) in [4.78, 5) is 11.9. The van der Waals surface area contributed by atoms with Gasteiger partial charge in [-0.25, -0.2) is 0 Å². The molecule has 0 N–H and O–H groups in total. The van der Waals surface area contributed by atoms with Gasteiger partial charge in [-0.1, -0.05) is 73.7 Å². The smallest absolute Gasteiger partial charge is 0.135 e. The van der Waals surface area contributed by atoms with Gasteiger partial charge in [-0.2, -0.15) is 0 Å². The van der Waals surface area contributed by atoms with E-state index in [0.717, 1.165) is 17.7 Å². The normalized spacial score (nSPS) is 15.2. The second-order valence-corrected chi connectivity index (χ2v) is 7.32. The summed E-state index contributed by atoms with van der Waals surface area (Å²) in [5, 5.41) is 0. The summed E-state index contributed by atoms with van der Waals surface area (Å²) < 4.78 is 5.90. The highest BCUT2D eigenvalue weighted by Gasteiger charge is 2.46. The molecule has 1 aliphatic rings. The van der Waals surface area contributed by atoms with Crippen molar-refractivity contribution in [3.63, 3.8) is 0 Å². The van der Waals surface area contributed by atoms with Gasteiger partial charge in [-0.3, -0.25) is 4.79 Å². The first-order valence-corrected chi connectivity index (χ1v) is 9.58. The van der Waals surface area contributed by atoms with Gasteiger partial charge in [0.05, 0.1) is 0 Å². The highest BCUT2D eigenvalue weighted by molar-refractivity contribution is 5.90. The molecule has 2 heteroatoms. The van der Waals surface area contributed by atoms with Crippen LogP contribution in [-0.4, -0.2) is 5.78 Å². The van der Waals surface area contributed by atoms with Crippen LogP contribution in [0.1, 0.15) is 42.0 Å². The lowest BCUT2D eigenvalue weighted by Crippen LogP contribution is -2.42. The summed E-state index contributed by atoms with van der Waals surface area (Å²) in [5.74, 6) is 1.18. The number of aryl methyl sites for hydroxylation is 1. The van der Waals surface area contributed by atoms with Gasteiger partial charge in [0, 0.05) is 18.3 Å². The van der Waals surface area contributed by atoms with Gasteiger partial charge in [0.1, 0.15) is 18.1 Å². The lowest BCUT2D eigenvalue weighted by Gasteiger charge is -2.41. The van der Waals surface area contributed by atoms with Crippen molar-refractivity contribution in [1.82, 2.24) is 0 Å².